The number of aliphatic hydroxyl groups is 1. The van der Waals surface area contributed by atoms with Gasteiger partial charge < -0.3 is 15.2 Å². The zero-order chi connectivity index (χ0) is 15.5. The van der Waals surface area contributed by atoms with Crippen LogP contribution in [0.5, 0.6) is 5.75 Å². The Balaban J connectivity index is 1.61. The summed E-state index contributed by atoms with van der Waals surface area (Å²) in [5.41, 5.74) is 1.59. The molecular weight excluding hydrogens is 302 g/mol. The van der Waals surface area contributed by atoms with Crippen LogP contribution in [0.3, 0.4) is 0 Å². The van der Waals surface area contributed by atoms with Gasteiger partial charge in [0, 0.05) is 30.3 Å². The summed E-state index contributed by atoms with van der Waals surface area (Å²) >= 11 is 1.13. The van der Waals surface area contributed by atoms with Crippen LogP contribution in [0.2, 0.25) is 0 Å². The van der Waals surface area contributed by atoms with Gasteiger partial charge in [-0.05, 0) is 23.8 Å². The van der Waals surface area contributed by atoms with Crippen molar-refractivity contribution in [3.63, 3.8) is 0 Å². The van der Waals surface area contributed by atoms with Crippen molar-refractivity contribution in [2.24, 2.45) is 0 Å². The molecule has 2 heterocycles. The van der Waals surface area contributed by atoms with E-state index in [1.54, 1.807) is 25.4 Å². The first kappa shape index (κ1) is 14.7. The van der Waals surface area contributed by atoms with E-state index in [-0.39, 0.29) is 6.03 Å². The molecule has 7 heteroatoms. The zero-order valence-corrected chi connectivity index (χ0v) is 12.7. The Kier molecular flexibility index (Phi) is 4.17. The van der Waals surface area contributed by atoms with E-state index < -0.39 is 6.23 Å². The Labute approximate surface area is 132 Å². The van der Waals surface area contributed by atoms with Crippen LogP contribution < -0.4 is 10.1 Å². The quantitative estimate of drug-likeness (QED) is 0.850. The number of rotatable bonds is 3. The molecule has 0 spiro atoms. The number of pyridine rings is 1. The summed E-state index contributed by atoms with van der Waals surface area (Å²) in [7, 11) is 1.61. The number of urea groups is 1. The third-order valence-electron chi connectivity index (χ3n) is 3.29. The number of carbonyl (C=O) groups is 1. The number of hydrogen-bond acceptors (Lipinski definition) is 5. The second kappa shape index (κ2) is 6.25. The normalized spacial score (nSPS) is 16.3. The fraction of sp³-hybridized carbons (Fsp3) is 0.200. The number of hydrogen-bond donors (Lipinski definition) is 2. The predicted octanol–water partition coefficient (Wildman–Crippen LogP) is 2.31. The molecule has 0 radical (unpaired) electrons. The highest BCUT2D eigenvalue weighted by molar-refractivity contribution is 7.97. The smallest absolute Gasteiger partial charge is 0.330 e. The van der Waals surface area contributed by atoms with E-state index >= 15 is 0 Å². The first-order chi connectivity index (χ1) is 10.7. The number of methoxy groups -OCH3 is 1. The van der Waals surface area contributed by atoms with E-state index in [2.05, 4.69) is 10.3 Å². The molecule has 2 aromatic rings. The molecule has 0 saturated heterocycles. The van der Waals surface area contributed by atoms with Crippen LogP contribution in [0.4, 0.5) is 4.79 Å². The second-order valence-corrected chi connectivity index (χ2v) is 5.66. The highest BCUT2D eigenvalue weighted by atomic mass is 32.2. The molecule has 0 fully saturated rings. The van der Waals surface area contributed by atoms with E-state index in [1.165, 1.54) is 4.31 Å². The van der Waals surface area contributed by atoms with Gasteiger partial charge in [-0.3, -0.25) is 0 Å². The van der Waals surface area contributed by atoms with Crippen LogP contribution in [0, 0.1) is 0 Å². The van der Waals surface area contributed by atoms with Gasteiger partial charge in [0.05, 0.1) is 7.11 Å². The van der Waals surface area contributed by atoms with Crippen LogP contribution in [-0.4, -0.2) is 27.5 Å². The van der Waals surface area contributed by atoms with Gasteiger partial charge in [-0.2, -0.15) is 0 Å². The minimum Gasteiger partial charge on any atom is -0.497 e. The van der Waals surface area contributed by atoms with E-state index in [4.69, 9.17) is 4.74 Å². The van der Waals surface area contributed by atoms with Crippen molar-refractivity contribution in [1.29, 1.82) is 0 Å². The maximum atomic E-state index is 12.2. The zero-order valence-electron chi connectivity index (χ0n) is 11.9. The van der Waals surface area contributed by atoms with Crippen LogP contribution >= 0.6 is 11.9 Å². The molecule has 1 atom stereocenters. The van der Waals surface area contributed by atoms with Crippen LogP contribution in [-0.2, 0) is 6.54 Å². The number of fused-ring (bicyclic) bond motifs is 1. The molecule has 1 aromatic heterocycles. The number of benzene rings is 1. The topological polar surface area (TPSA) is 74.7 Å². The van der Waals surface area contributed by atoms with E-state index in [9.17, 15) is 9.90 Å². The summed E-state index contributed by atoms with van der Waals surface area (Å²) in [5, 5.41) is 13.6. The number of carbonyl (C=O) groups excluding carboxylic acids is 1. The molecule has 22 heavy (non-hydrogen) atoms. The Morgan fingerprint density at radius 1 is 1.41 bits per heavy atom. The van der Waals surface area contributed by atoms with Crippen molar-refractivity contribution < 1.29 is 14.6 Å². The summed E-state index contributed by atoms with van der Waals surface area (Å²) in [5.74, 6) is 0.766. The van der Waals surface area contributed by atoms with Gasteiger partial charge in [-0.25, -0.2) is 14.1 Å². The first-order valence-corrected chi connectivity index (χ1v) is 7.47. The molecule has 2 amide bonds. The highest BCUT2D eigenvalue weighted by Gasteiger charge is 2.34. The Hall–Kier alpha value is -2.25. The molecule has 0 bridgehead atoms. The minimum absolute atomic E-state index is 0.355. The molecule has 2 N–H and O–H groups in total. The third-order valence-corrected chi connectivity index (χ3v) is 4.36. The lowest BCUT2D eigenvalue weighted by atomic mass is 10.2. The van der Waals surface area contributed by atoms with Crippen LogP contribution in [0.15, 0.2) is 47.6 Å². The molecule has 1 aliphatic heterocycles. The van der Waals surface area contributed by atoms with Crippen molar-refractivity contribution in [3.8, 4) is 5.75 Å². The van der Waals surface area contributed by atoms with Gasteiger partial charge >= 0.3 is 6.03 Å². The fourth-order valence-corrected chi connectivity index (χ4v) is 3.03. The molecule has 1 aromatic carbocycles. The second-order valence-electron chi connectivity index (χ2n) is 4.70. The average molecular weight is 317 g/mol. The minimum atomic E-state index is -0.982. The monoisotopic (exact) mass is 317 g/mol. The summed E-state index contributed by atoms with van der Waals surface area (Å²) in [6.07, 6.45) is 0.654. The van der Waals surface area contributed by atoms with Gasteiger partial charge in [0.1, 0.15) is 10.8 Å². The molecule has 1 aliphatic rings. The average Bonchev–Trinajstić information content (AvgIpc) is 2.90. The van der Waals surface area contributed by atoms with Gasteiger partial charge in [0.15, 0.2) is 6.23 Å². The van der Waals surface area contributed by atoms with E-state index in [1.807, 2.05) is 24.3 Å². The lowest BCUT2D eigenvalue weighted by molar-refractivity contribution is 0.0899. The number of ether oxygens (including phenoxy) is 1. The van der Waals surface area contributed by atoms with Crippen LogP contribution in [0.1, 0.15) is 17.4 Å². The SMILES string of the molecule is COc1ccc(CNC(=O)N2Sc3ncccc3C2O)cc1. The summed E-state index contributed by atoms with van der Waals surface area (Å²) < 4.78 is 6.37. The number of amides is 2. The maximum absolute atomic E-state index is 12.2. The van der Waals surface area contributed by atoms with Crippen molar-refractivity contribution in [3.05, 3.63) is 53.7 Å². The van der Waals surface area contributed by atoms with E-state index in [0.717, 1.165) is 23.3 Å². The van der Waals surface area contributed by atoms with Crippen molar-refractivity contribution in [2.45, 2.75) is 17.8 Å². The molecule has 0 saturated carbocycles. The molecule has 0 aliphatic carbocycles. The summed E-state index contributed by atoms with van der Waals surface area (Å²) in [4.78, 5) is 16.3. The molecule has 3 rings (SSSR count). The lowest BCUT2D eigenvalue weighted by Crippen LogP contribution is -2.35. The fourth-order valence-electron chi connectivity index (χ4n) is 2.10. The van der Waals surface area contributed by atoms with Crippen molar-refractivity contribution in [1.82, 2.24) is 14.6 Å². The number of aliphatic hydroxyl groups excluding tert-OH is 1. The largest absolute Gasteiger partial charge is 0.497 e. The Bertz CT molecular complexity index is 678. The standard InChI is InChI=1S/C15H15N3O3S/c1-21-11-6-4-10(5-7-11)9-17-15(20)18-14(19)12-3-2-8-16-13(12)22-18/h2-8,14,19H,9H2,1H3,(H,17,20). The first-order valence-electron chi connectivity index (χ1n) is 6.70. The Morgan fingerprint density at radius 2 is 2.18 bits per heavy atom. The molecule has 6 nitrogen and oxygen atoms in total. The van der Waals surface area contributed by atoms with Crippen LogP contribution in [0.25, 0.3) is 0 Å². The van der Waals surface area contributed by atoms with E-state index in [0.29, 0.717) is 17.1 Å². The van der Waals surface area contributed by atoms with Gasteiger partial charge in [-0.1, -0.05) is 18.2 Å². The highest BCUT2D eigenvalue weighted by Crippen LogP contribution is 2.40. The molecule has 114 valence electrons. The van der Waals surface area contributed by atoms with Gasteiger partial charge in [-0.15, -0.1) is 0 Å². The summed E-state index contributed by atoms with van der Waals surface area (Å²) in [6.45, 7) is 0.371. The van der Waals surface area contributed by atoms with Crippen molar-refractivity contribution in [2.75, 3.05) is 7.11 Å². The Morgan fingerprint density at radius 3 is 2.86 bits per heavy atom. The molecule has 1 unspecified atom stereocenters. The predicted molar refractivity (Wildman–Crippen MR) is 82.1 cm³/mol. The molecular formula is C15H15N3O3S. The number of aromatic nitrogens is 1. The number of nitrogens with one attached hydrogen (secondary N) is 1. The summed E-state index contributed by atoms with van der Waals surface area (Å²) in [6, 6.07) is 10.6. The third kappa shape index (κ3) is 2.86. The van der Waals surface area contributed by atoms with Gasteiger partial charge in [0.2, 0.25) is 0 Å². The lowest BCUT2D eigenvalue weighted by Gasteiger charge is -2.19. The van der Waals surface area contributed by atoms with Gasteiger partial charge in [0.25, 0.3) is 0 Å². The number of nitrogens with zero attached hydrogens (tertiary/aromatic N) is 2. The maximum Gasteiger partial charge on any atom is 0.330 e. The van der Waals surface area contributed by atoms with Crippen molar-refractivity contribution >= 4 is 18.0 Å².